The lowest BCUT2D eigenvalue weighted by atomic mass is 10.0. The summed E-state index contributed by atoms with van der Waals surface area (Å²) in [6, 6.07) is 15.2. The first-order valence-corrected chi connectivity index (χ1v) is 8.48. The largest absolute Gasteiger partial charge is 0.316 e. The lowest BCUT2D eigenvalue weighted by Gasteiger charge is -2.11. The van der Waals surface area contributed by atoms with E-state index in [0.717, 1.165) is 16.2 Å². The van der Waals surface area contributed by atoms with Crippen molar-refractivity contribution in [3.05, 3.63) is 66.2 Å². The van der Waals surface area contributed by atoms with Gasteiger partial charge in [0, 0.05) is 5.39 Å². The summed E-state index contributed by atoms with van der Waals surface area (Å²) in [5.41, 5.74) is 0.600. The van der Waals surface area contributed by atoms with Crippen molar-refractivity contribution in [2.24, 2.45) is 0 Å². The van der Waals surface area contributed by atoms with Gasteiger partial charge in [-0.1, -0.05) is 48.6 Å². The van der Waals surface area contributed by atoms with Crippen molar-refractivity contribution >= 4 is 54.7 Å². The molecule has 116 valence electrons. The molecule has 0 saturated carbocycles. The second-order valence-corrected chi connectivity index (χ2v) is 6.58. The molecular weight excluding hydrogens is 321 g/mol. The summed E-state index contributed by atoms with van der Waals surface area (Å²) in [5.74, 6) is 0. The van der Waals surface area contributed by atoms with Crippen LogP contribution in [0.15, 0.2) is 65.6 Å². The van der Waals surface area contributed by atoms with E-state index in [1.165, 1.54) is 0 Å². The summed E-state index contributed by atoms with van der Waals surface area (Å²) in [5, 5.41) is 3.35. The fourth-order valence-corrected chi connectivity index (χ4v) is 3.68. The van der Waals surface area contributed by atoms with Gasteiger partial charge < -0.3 is 0 Å². The maximum atomic E-state index is 11.9. The predicted molar refractivity (Wildman–Crippen MR) is 98.3 cm³/mol. The number of fused-ring (bicyclic) bond motifs is 2. The summed E-state index contributed by atoms with van der Waals surface area (Å²) in [6.45, 7) is 1.88. The normalized spacial score (nSPS) is 11.9. The molecule has 0 bridgehead atoms. The minimum Gasteiger partial charge on any atom is -0.282 e. The molecule has 5 heteroatoms. The van der Waals surface area contributed by atoms with Gasteiger partial charge in [-0.3, -0.25) is 4.55 Å². The fourth-order valence-electron chi connectivity index (χ4n) is 2.74. The molecule has 0 radical (unpaired) electrons. The number of allylic oxidation sites excluding steroid dienone is 2. The summed E-state index contributed by atoms with van der Waals surface area (Å²) in [6.07, 6.45) is 4.20. The molecule has 0 aliphatic heterocycles. The van der Waals surface area contributed by atoms with E-state index in [9.17, 15) is 13.0 Å². The van der Waals surface area contributed by atoms with Gasteiger partial charge in [0.25, 0.3) is 10.1 Å². The summed E-state index contributed by atoms with van der Waals surface area (Å²) in [7, 11) is -4.29. The quantitative estimate of drug-likeness (QED) is 0.344. The van der Waals surface area contributed by atoms with Gasteiger partial charge in [-0.25, -0.2) is 0 Å². The Kier molecular flexibility index (Phi) is 5.47. The van der Waals surface area contributed by atoms with Gasteiger partial charge >= 0.3 is 23.1 Å². The first-order chi connectivity index (χ1) is 10.5. The maximum absolute atomic E-state index is 11.9. The number of benzene rings is 3. The third kappa shape index (κ3) is 3.58. The Morgan fingerprint density at radius 1 is 1.00 bits per heavy atom. The van der Waals surface area contributed by atoms with Crippen LogP contribution in [0.5, 0.6) is 0 Å². The third-order valence-corrected chi connectivity index (χ3v) is 4.75. The van der Waals surface area contributed by atoms with Crippen LogP contribution in [-0.2, 0) is 16.5 Å². The van der Waals surface area contributed by atoms with E-state index < -0.39 is 10.1 Å². The molecule has 0 fully saturated rings. The molecule has 3 aromatic rings. The van der Waals surface area contributed by atoms with E-state index in [1.54, 1.807) is 6.07 Å². The highest BCUT2D eigenvalue weighted by atomic mass is 32.2. The first kappa shape index (κ1) is 17.9. The SMILES string of the molecule is CC=CCc1ccc2cc3ccccc3cc2c1S(=O)(=O)O.[MgH2]. The molecular formula is C18H18MgO3S. The monoisotopic (exact) mass is 338 g/mol. The number of hydrogen-bond acceptors (Lipinski definition) is 2. The Labute approximate surface area is 151 Å². The average Bonchev–Trinajstić information content (AvgIpc) is 2.49. The van der Waals surface area contributed by atoms with E-state index >= 15 is 0 Å². The fraction of sp³-hybridized carbons (Fsp3) is 0.111. The van der Waals surface area contributed by atoms with Crippen molar-refractivity contribution < 1.29 is 13.0 Å². The molecule has 0 heterocycles. The van der Waals surface area contributed by atoms with Crippen LogP contribution in [0.2, 0.25) is 0 Å². The van der Waals surface area contributed by atoms with E-state index in [2.05, 4.69) is 0 Å². The molecule has 0 saturated heterocycles. The molecule has 3 rings (SSSR count). The highest BCUT2D eigenvalue weighted by Crippen LogP contribution is 2.31. The summed E-state index contributed by atoms with van der Waals surface area (Å²) < 4.78 is 33.5. The summed E-state index contributed by atoms with van der Waals surface area (Å²) in [4.78, 5) is 0.00820. The Morgan fingerprint density at radius 2 is 1.65 bits per heavy atom. The van der Waals surface area contributed by atoms with Crippen molar-refractivity contribution in [2.45, 2.75) is 18.2 Å². The van der Waals surface area contributed by atoms with Crippen LogP contribution in [0, 0.1) is 0 Å². The smallest absolute Gasteiger partial charge is 0.282 e. The Morgan fingerprint density at radius 3 is 2.26 bits per heavy atom. The van der Waals surface area contributed by atoms with Gasteiger partial charge in [0.05, 0.1) is 0 Å². The lowest BCUT2D eigenvalue weighted by molar-refractivity contribution is 0.483. The summed E-state index contributed by atoms with van der Waals surface area (Å²) >= 11 is 0. The third-order valence-electron chi connectivity index (χ3n) is 3.75. The predicted octanol–water partition coefficient (Wildman–Crippen LogP) is 3.44. The van der Waals surface area contributed by atoms with Gasteiger partial charge in [-0.05, 0) is 47.2 Å². The highest BCUT2D eigenvalue weighted by Gasteiger charge is 2.19. The maximum Gasteiger partial charge on any atom is 0.316 e. The number of hydrogen-bond donors (Lipinski definition) is 1. The van der Waals surface area contributed by atoms with Crippen molar-refractivity contribution in [3.8, 4) is 0 Å². The van der Waals surface area contributed by atoms with Crippen LogP contribution in [0.4, 0.5) is 0 Å². The van der Waals surface area contributed by atoms with Crippen LogP contribution in [-0.4, -0.2) is 36.0 Å². The lowest BCUT2D eigenvalue weighted by Crippen LogP contribution is -2.04. The average molecular weight is 339 g/mol. The molecule has 0 spiro atoms. The van der Waals surface area contributed by atoms with Crippen LogP contribution in [0.25, 0.3) is 21.5 Å². The van der Waals surface area contributed by atoms with Crippen LogP contribution >= 0.6 is 0 Å². The van der Waals surface area contributed by atoms with Gasteiger partial charge in [0.2, 0.25) is 0 Å². The van der Waals surface area contributed by atoms with E-state index in [1.807, 2.05) is 61.5 Å². The zero-order chi connectivity index (χ0) is 15.7. The molecule has 3 nitrogen and oxygen atoms in total. The van der Waals surface area contributed by atoms with Crippen LogP contribution in [0.1, 0.15) is 12.5 Å². The Bertz CT molecular complexity index is 992. The molecule has 0 amide bonds. The van der Waals surface area contributed by atoms with E-state index in [-0.39, 0.29) is 27.9 Å². The topological polar surface area (TPSA) is 54.4 Å². The van der Waals surface area contributed by atoms with E-state index in [4.69, 9.17) is 0 Å². The molecule has 0 atom stereocenters. The van der Waals surface area contributed by atoms with Gasteiger partial charge in [0.15, 0.2) is 0 Å². The minimum atomic E-state index is -4.29. The Hall–Kier alpha value is -1.40. The zero-order valence-electron chi connectivity index (χ0n) is 12.2. The molecule has 1 N–H and O–H groups in total. The second-order valence-electron chi connectivity index (χ2n) is 5.22. The zero-order valence-corrected chi connectivity index (χ0v) is 13.0. The van der Waals surface area contributed by atoms with Crippen molar-refractivity contribution in [1.82, 2.24) is 0 Å². The molecule has 0 aliphatic rings. The highest BCUT2D eigenvalue weighted by molar-refractivity contribution is 7.86. The number of rotatable bonds is 3. The second kappa shape index (κ2) is 7.01. The molecule has 0 unspecified atom stereocenters. The van der Waals surface area contributed by atoms with Crippen molar-refractivity contribution in [2.75, 3.05) is 0 Å². The van der Waals surface area contributed by atoms with Gasteiger partial charge in [0.1, 0.15) is 4.90 Å². The molecule has 3 aromatic carbocycles. The standard InChI is InChI=1S/C18H16O3S.Mg.2H/c1-2-3-6-13-9-10-16-11-14-7-4-5-8-15(14)12-17(16)18(13)22(19,20)21;;;/h2-5,7-12H,6H2,1H3,(H,19,20,21);;;. The molecule has 23 heavy (non-hydrogen) atoms. The van der Waals surface area contributed by atoms with Gasteiger partial charge in [-0.15, -0.1) is 0 Å². The molecule has 0 aliphatic carbocycles. The van der Waals surface area contributed by atoms with Gasteiger partial charge in [-0.2, -0.15) is 8.42 Å². The van der Waals surface area contributed by atoms with E-state index in [0.29, 0.717) is 17.4 Å². The Balaban J connectivity index is 0.00000192. The molecule has 0 aromatic heterocycles. The first-order valence-electron chi connectivity index (χ1n) is 7.04. The van der Waals surface area contributed by atoms with Crippen LogP contribution < -0.4 is 0 Å². The van der Waals surface area contributed by atoms with Crippen molar-refractivity contribution in [3.63, 3.8) is 0 Å². The van der Waals surface area contributed by atoms with Crippen molar-refractivity contribution in [1.29, 1.82) is 0 Å². The van der Waals surface area contributed by atoms with Crippen LogP contribution in [0.3, 0.4) is 0 Å². The minimum absolute atomic E-state index is 0.